The Morgan fingerprint density at radius 3 is 1.94 bits per heavy atom. The standard InChI is InChI=1S/C52H57N5O8Si/c1-51(2,3)66(6,7)65-43-32-45(57-34-53-46-48(57)55-50(56-49(46)59)54-44(58)33-62-41-21-15-10-16-22-41)63-47(43)42(31-35-17-11-8-12-18-35)64-52(36-19-13-9-14-20-36,37-23-27-39(60-4)28-24-37)38-25-29-40(61-5)30-26-38/h8-30,34,42-43,45,47H,31-33H2,1-7H3,(H2,54,55,56,58,59)/t42?,43-,45+,47+/m0/s1. The molecule has 2 N–H and O–H groups in total. The molecule has 66 heavy (non-hydrogen) atoms. The molecule has 342 valence electrons. The topological polar surface area (TPSA) is 148 Å². The molecule has 3 heterocycles. The molecule has 1 aliphatic rings. The SMILES string of the molecule is COc1ccc(C(OC(Cc2ccccc2)[C@H]2O[C@@H](n3cnc4c(=O)[nH]c(NC(=O)COc5ccccc5)nc43)C[C@@H]2O[Si](C)(C)C(C)(C)C)(c2ccccc2)c2ccc(OC)cc2)cc1. The summed E-state index contributed by atoms with van der Waals surface area (Å²) in [5.74, 6) is 1.42. The second kappa shape index (κ2) is 19.5. The Bertz CT molecular complexity index is 2710. The van der Waals surface area contributed by atoms with Gasteiger partial charge >= 0.3 is 0 Å². The maximum absolute atomic E-state index is 13.5. The summed E-state index contributed by atoms with van der Waals surface area (Å²) in [7, 11) is 0.829. The minimum absolute atomic E-state index is 0.0450. The van der Waals surface area contributed by atoms with Gasteiger partial charge in [0.1, 0.15) is 35.2 Å². The number of hydrogen-bond acceptors (Lipinski definition) is 10. The number of aromatic amines is 1. The molecule has 1 aliphatic heterocycles. The number of nitrogens with one attached hydrogen (secondary N) is 2. The summed E-state index contributed by atoms with van der Waals surface area (Å²) in [6, 6.07) is 45.4. The molecular formula is C52H57N5O8Si. The number of methoxy groups -OCH3 is 2. The highest BCUT2D eigenvalue weighted by Gasteiger charge is 2.51. The van der Waals surface area contributed by atoms with Crippen molar-refractivity contribution in [3.05, 3.63) is 178 Å². The van der Waals surface area contributed by atoms with Crippen molar-refractivity contribution in [2.24, 2.45) is 0 Å². The van der Waals surface area contributed by atoms with E-state index < -0.39 is 49.9 Å². The number of imidazole rings is 1. The number of nitrogens with zero attached hydrogens (tertiary/aromatic N) is 3. The van der Waals surface area contributed by atoms with Crippen molar-refractivity contribution >= 4 is 31.3 Å². The molecule has 1 saturated heterocycles. The van der Waals surface area contributed by atoms with Crippen molar-refractivity contribution in [2.75, 3.05) is 26.1 Å². The summed E-state index contributed by atoms with van der Waals surface area (Å²) in [5, 5.41) is 2.54. The Labute approximate surface area is 386 Å². The fraction of sp³-hybridized carbons (Fsp3) is 0.308. The average molecular weight is 908 g/mol. The van der Waals surface area contributed by atoms with Crippen molar-refractivity contribution in [3.8, 4) is 17.2 Å². The van der Waals surface area contributed by atoms with E-state index in [1.165, 1.54) is 0 Å². The van der Waals surface area contributed by atoms with Gasteiger partial charge < -0.3 is 28.1 Å². The van der Waals surface area contributed by atoms with E-state index >= 15 is 0 Å². The van der Waals surface area contributed by atoms with Crippen LogP contribution in [0.25, 0.3) is 11.2 Å². The minimum atomic E-state index is -2.48. The van der Waals surface area contributed by atoms with Crippen LogP contribution in [0.15, 0.2) is 151 Å². The van der Waals surface area contributed by atoms with Crippen molar-refractivity contribution in [3.63, 3.8) is 0 Å². The zero-order valence-corrected chi connectivity index (χ0v) is 39.4. The van der Waals surface area contributed by atoms with E-state index in [1.807, 2.05) is 103 Å². The van der Waals surface area contributed by atoms with Gasteiger partial charge in [-0.3, -0.25) is 24.5 Å². The number of anilines is 1. The number of carbonyl (C=O) groups is 1. The Hall–Kier alpha value is -6.58. The van der Waals surface area contributed by atoms with Crippen LogP contribution in [0, 0.1) is 0 Å². The smallest absolute Gasteiger partial charge is 0.280 e. The molecule has 1 fully saturated rings. The first-order valence-corrected chi connectivity index (χ1v) is 25.0. The maximum atomic E-state index is 13.5. The predicted molar refractivity (Wildman–Crippen MR) is 257 cm³/mol. The number of H-pyrrole nitrogens is 1. The van der Waals surface area contributed by atoms with Crippen molar-refractivity contribution in [2.45, 2.75) is 81.9 Å². The highest BCUT2D eigenvalue weighted by molar-refractivity contribution is 6.74. The minimum Gasteiger partial charge on any atom is -0.497 e. The summed E-state index contributed by atoms with van der Waals surface area (Å²) in [5.41, 5.74) is 2.35. The third-order valence-electron chi connectivity index (χ3n) is 12.6. The van der Waals surface area contributed by atoms with Gasteiger partial charge in [0.25, 0.3) is 11.5 Å². The molecule has 14 heteroatoms. The summed E-state index contributed by atoms with van der Waals surface area (Å²) in [4.78, 5) is 38.4. The van der Waals surface area contributed by atoms with E-state index in [4.69, 9.17) is 33.1 Å². The van der Waals surface area contributed by atoms with E-state index in [0.29, 0.717) is 30.1 Å². The molecule has 0 aliphatic carbocycles. The van der Waals surface area contributed by atoms with Crippen molar-refractivity contribution in [1.29, 1.82) is 0 Å². The Balaban J connectivity index is 1.24. The number of carbonyl (C=O) groups excluding carboxylic acids is 1. The van der Waals surface area contributed by atoms with E-state index in [2.05, 4.69) is 73.4 Å². The van der Waals surface area contributed by atoms with E-state index in [-0.39, 0.29) is 28.8 Å². The summed E-state index contributed by atoms with van der Waals surface area (Å²) in [6.07, 6.45) is -0.0478. The first kappa shape index (κ1) is 46.0. The molecule has 7 aromatic rings. The number of para-hydroxylation sites is 1. The van der Waals surface area contributed by atoms with E-state index in [9.17, 15) is 9.59 Å². The van der Waals surface area contributed by atoms with Crippen LogP contribution in [0.5, 0.6) is 17.2 Å². The second-order valence-electron chi connectivity index (χ2n) is 17.9. The molecule has 1 amide bonds. The van der Waals surface area contributed by atoms with Gasteiger partial charge in [-0.05, 0) is 76.8 Å². The lowest BCUT2D eigenvalue weighted by Crippen LogP contribution is -2.51. The van der Waals surface area contributed by atoms with Gasteiger partial charge in [-0.1, -0.05) is 124 Å². The van der Waals surface area contributed by atoms with Crippen LogP contribution in [-0.2, 0) is 30.7 Å². The number of rotatable bonds is 17. The van der Waals surface area contributed by atoms with Crippen LogP contribution >= 0.6 is 0 Å². The monoisotopic (exact) mass is 907 g/mol. The van der Waals surface area contributed by atoms with Crippen LogP contribution in [0.2, 0.25) is 18.1 Å². The number of amides is 1. The van der Waals surface area contributed by atoms with Crippen LogP contribution < -0.4 is 25.1 Å². The summed E-state index contributed by atoms with van der Waals surface area (Å²) >= 11 is 0. The molecule has 8 rings (SSSR count). The largest absolute Gasteiger partial charge is 0.497 e. The van der Waals surface area contributed by atoms with Crippen LogP contribution in [-0.4, -0.2) is 72.9 Å². The van der Waals surface area contributed by atoms with E-state index in [1.54, 1.807) is 37.2 Å². The molecular weight excluding hydrogens is 851 g/mol. The first-order valence-electron chi connectivity index (χ1n) is 22.1. The fourth-order valence-corrected chi connectivity index (χ4v) is 9.53. The molecule has 2 aromatic heterocycles. The van der Waals surface area contributed by atoms with Crippen molar-refractivity contribution < 1.29 is 32.9 Å². The molecule has 1 unspecified atom stereocenters. The Morgan fingerprint density at radius 2 is 1.36 bits per heavy atom. The molecule has 0 bridgehead atoms. The van der Waals surface area contributed by atoms with Gasteiger partial charge in [-0.25, -0.2) is 4.98 Å². The zero-order valence-electron chi connectivity index (χ0n) is 38.4. The van der Waals surface area contributed by atoms with Gasteiger partial charge in [-0.15, -0.1) is 0 Å². The van der Waals surface area contributed by atoms with Gasteiger partial charge in [0, 0.05) is 12.8 Å². The lowest BCUT2D eigenvalue weighted by Gasteiger charge is -2.43. The zero-order chi connectivity index (χ0) is 46.5. The number of benzene rings is 5. The third-order valence-corrected chi connectivity index (χ3v) is 17.1. The van der Waals surface area contributed by atoms with Gasteiger partial charge in [0.2, 0.25) is 5.95 Å². The predicted octanol–water partition coefficient (Wildman–Crippen LogP) is 9.45. The van der Waals surface area contributed by atoms with Crippen LogP contribution in [0.4, 0.5) is 5.95 Å². The van der Waals surface area contributed by atoms with E-state index in [0.717, 1.165) is 22.3 Å². The maximum Gasteiger partial charge on any atom is 0.280 e. The van der Waals surface area contributed by atoms with Gasteiger partial charge in [0.05, 0.1) is 32.8 Å². The quantitative estimate of drug-likeness (QED) is 0.0669. The normalized spacial score (nSPS) is 17.0. The van der Waals surface area contributed by atoms with Gasteiger partial charge in [-0.2, -0.15) is 4.98 Å². The number of ether oxygens (including phenoxy) is 5. The first-order chi connectivity index (χ1) is 31.8. The Kier molecular flexibility index (Phi) is 13.6. The average Bonchev–Trinajstić information content (AvgIpc) is 3.95. The molecule has 5 aromatic carbocycles. The molecule has 0 spiro atoms. The number of hydrogen-bond donors (Lipinski definition) is 2. The lowest BCUT2D eigenvalue weighted by molar-refractivity contribution is -0.141. The highest BCUT2D eigenvalue weighted by Crippen LogP contribution is 2.47. The number of aromatic nitrogens is 4. The van der Waals surface area contributed by atoms with Crippen LogP contribution in [0.3, 0.4) is 0 Å². The fourth-order valence-electron chi connectivity index (χ4n) is 8.19. The second-order valence-corrected chi connectivity index (χ2v) is 22.7. The molecule has 13 nitrogen and oxygen atoms in total. The number of fused-ring (bicyclic) bond motifs is 1. The Morgan fingerprint density at radius 1 is 0.803 bits per heavy atom. The lowest BCUT2D eigenvalue weighted by atomic mass is 9.79. The summed E-state index contributed by atoms with van der Waals surface area (Å²) < 4.78 is 41.3. The van der Waals surface area contributed by atoms with Crippen LogP contribution in [0.1, 0.15) is 55.7 Å². The third kappa shape index (κ3) is 9.82. The molecule has 0 saturated carbocycles. The molecule has 4 atom stereocenters. The highest BCUT2D eigenvalue weighted by atomic mass is 28.4. The molecule has 0 radical (unpaired) electrons. The summed E-state index contributed by atoms with van der Waals surface area (Å²) in [6.45, 7) is 10.8. The van der Waals surface area contributed by atoms with Gasteiger partial charge in [0.15, 0.2) is 26.1 Å². The van der Waals surface area contributed by atoms with Crippen molar-refractivity contribution in [1.82, 2.24) is 19.5 Å².